The molecule has 182 valence electrons. The summed E-state index contributed by atoms with van der Waals surface area (Å²) in [5.41, 5.74) is 3.34. The van der Waals surface area contributed by atoms with Crippen molar-refractivity contribution < 1.29 is 24.2 Å². The van der Waals surface area contributed by atoms with E-state index in [0.29, 0.717) is 18.1 Å². The van der Waals surface area contributed by atoms with Gasteiger partial charge in [-0.1, -0.05) is 80.1 Å². The van der Waals surface area contributed by atoms with E-state index in [9.17, 15) is 14.7 Å². The second-order valence-corrected chi connectivity index (χ2v) is 8.72. The number of carboxylic acid groups (broad SMARTS) is 1. The largest absolute Gasteiger partial charge is 0.493 e. The van der Waals surface area contributed by atoms with Crippen LogP contribution in [0.3, 0.4) is 0 Å². The van der Waals surface area contributed by atoms with Crippen molar-refractivity contribution >= 4 is 11.9 Å². The van der Waals surface area contributed by atoms with E-state index in [1.165, 1.54) is 4.90 Å². The van der Waals surface area contributed by atoms with Crippen LogP contribution in [0.4, 0.5) is 0 Å². The number of amides is 1. The van der Waals surface area contributed by atoms with Gasteiger partial charge < -0.3 is 19.5 Å². The number of methoxy groups -OCH3 is 1. The number of benzene rings is 3. The van der Waals surface area contributed by atoms with Crippen molar-refractivity contribution in [2.24, 2.45) is 0 Å². The molecular weight excluding hydrogens is 442 g/mol. The lowest BCUT2D eigenvalue weighted by molar-refractivity contribution is -0.151. The number of unbranched alkanes of at least 4 members (excludes halogenated alkanes) is 1. The van der Waals surface area contributed by atoms with Crippen LogP contribution in [0.5, 0.6) is 11.5 Å². The van der Waals surface area contributed by atoms with Gasteiger partial charge in [-0.3, -0.25) is 4.79 Å². The van der Waals surface area contributed by atoms with Crippen LogP contribution >= 0.6 is 0 Å². The third kappa shape index (κ3) is 5.16. The van der Waals surface area contributed by atoms with Crippen molar-refractivity contribution in [1.29, 1.82) is 0 Å². The number of ether oxygens (including phenoxy) is 2. The van der Waals surface area contributed by atoms with Crippen LogP contribution in [0.2, 0.25) is 0 Å². The highest BCUT2D eigenvalue weighted by molar-refractivity contribution is 5.91. The first-order valence-corrected chi connectivity index (χ1v) is 12.0. The number of aliphatic carboxylic acids is 1. The fraction of sp³-hybridized carbons (Fsp3) is 0.310. The van der Waals surface area contributed by atoms with Crippen molar-refractivity contribution in [1.82, 2.24) is 4.90 Å². The van der Waals surface area contributed by atoms with Crippen molar-refractivity contribution in [3.63, 3.8) is 0 Å². The Kier molecular flexibility index (Phi) is 7.70. The SMILES string of the molecule is CCCCOc1c(OC)ccc2c1C[C@@H](C(=O)O)N(C(=O)C(c1ccccc1)c1ccccc1)C2. The lowest BCUT2D eigenvalue weighted by Gasteiger charge is -2.37. The molecule has 0 aromatic heterocycles. The molecular formula is C29H31NO5. The number of carbonyl (C=O) groups excluding carboxylic acids is 1. The zero-order valence-corrected chi connectivity index (χ0v) is 20.1. The monoisotopic (exact) mass is 473 g/mol. The summed E-state index contributed by atoms with van der Waals surface area (Å²) in [7, 11) is 1.58. The van der Waals surface area contributed by atoms with Gasteiger partial charge in [0.25, 0.3) is 0 Å². The maximum atomic E-state index is 14.0. The minimum atomic E-state index is -1.04. The first-order valence-electron chi connectivity index (χ1n) is 12.0. The highest BCUT2D eigenvalue weighted by atomic mass is 16.5. The van der Waals surface area contributed by atoms with E-state index >= 15 is 0 Å². The fourth-order valence-electron chi connectivity index (χ4n) is 4.64. The molecule has 0 aliphatic carbocycles. The molecule has 0 fully saturated rings. The molecule has 0 saturated heterocycles. The Labute approximate surface area is 206 Å². The van der Waals surface area contributed by atoms with Crippen LogP contribution in [0.15, 0.2) is 72.8 Å². The standard InChI is InChI=1S/C29H31NO5/c1-3-4-17-35-27-23-18-24(29(32)33)30(19-22(23)15-16-25(27)34-2)28(31)26(20-11-7-5-8-12-20)21-13-9-6-10-14-21/h5-16,24,26H,3-4,17-19H2,1-2H3,(H,32,33)/t24-/m0/s1. The van der Waals surface area contributed by atoms with Crippen LogP contribution in [-0.4, -0.2) is 41.6 Å². The lowest BCUT2D eigenvalue weighted by atomic mass is 9.87. The highest BCUT2D eigenvalue weighted by Gasteiger charge is 2.40. The molecule has 1 amide bonds. The minimum Gasteiger partial charge on any atom is -0.493 e. The molecule has 6 heteroatoms. The Balaban J connectivity index is 1.74. The van der Waals surface area contributed by atoms with Crippen LogP contribution in [0, 0.1) is 0 Å². The van der Waals surface area contributed by atoms with Crippen molar-refractivity contribution in [3.05, 3.63) is 95.1 Å². The summed E-state index contributed by atoms with van der Waals surface area (Å²) in [6.45, 7) is 2.80. The topological polar surface area (TPSA) is 76.1 Å². The fourth-order valence-corrected chi connectivity index (χ4v) is 4.64. The first-order chi connectivity index (χ1) is 17.0. The van der Waals surface area contributed by atoms with Gasteiger partial charge in [0.2, 0.25) is 5.91 Å². The molecule has 35 heavy (non-hydrogen) atoms. The second-order valence-electron chi connectivity index (χ2n) is 8.72. The third-order valence-electron chi connectivity index (χ3n) is 6.48. The van der Waals surface area contributed by atoms with E-state index < -0.39 is 17.9 Å². The van der Waals surface area contributed by atoms with E-state index in [0.717, 1.165) is 35.1 Å². The molecule has 0 bridgehead atoms. The molecule has 1 aliphatic rings. The van der Waals surface area contributed by atoms with Gasteiger partial charge >= 0.3 is 5.97 Å². The zero-order valence-electron chi connectivity index (χ0n) is 20.1. The van der Waals surface area contributed by atoms with Gasteiger partial charge in [0, 0.05) is 18.5 Å². The number of nitrogens with zero attached hydrogens (tertiary/aromatic N) is 1. The molecule has 1 aliphatic heterocycles. The summed E-state index contributed by atoms with van der Waals surface area (Å²) in [5, 5.41) is 10.2. The Morgan fingerprint density at radius 3 is 2.17 bits per heavy atom. The molecule has 0 spiro atoms. The summed E-state index contributed by atoms with van der Waals surface area (Å²) in [5.74, 6) is -0.704. The maximum Gasteiger partial charge on any atom is 0.326 e. The van der Waals surface area contributed by atoms with Gasteiger partial charge in [-0.15, -0.1) is 0 Å². The molecule has 3 aromatic rings. The number of carbonyl (C=O) groups is 2. The zero-order chi connectivity index (χ0) is 24.8. The molecule has 3 aromatic carbocycles. The van der Waals surface area contributed by atoms with Crippen LogP contribution in [0.25, 0.3) is 0 Å². The highest BCUT2D eigenvalue weighted by Crippen LogP contribution is 2.40. The van der Waals surface area contributed by atoms with Crippen LogP contribution in [-0.2, 0) is 22.6 Å². The predicted molar refractivity (Wildman–Crippen MR) is 134 cm³/mol. The third-order valence-corrected chi connectivity index (χ3v) is 6.48. The smallest absolute Gasteiger partial charge is 0.326 e. The van der Waals surface area contributed by atoms with Crippen LogP contribution < -0.4 is 9.47 Å². The van der Waals surface area contributed by atoms with Crippen molar-refractivity contribution in [2.75, 3.05) is 13.7 Å². The Morgan fingerprint density at radius 2 is 1.63 bits per heavy atom. The lowest BCUT2D eigenvalue weighted by Crippen LogP contribution is -2.50. The summed E-state index contributed by atoms with van der Waals surface area (Å²) >= 11 is 0. The number of fused-ring (bicyclic) bond motifs is 1. The van der Waals surface area contributed by atoms with Gasteiger partial charge in [-0.25, -0.2) is 4.79 Å². The average Bonchev–Trinajstić information content (AvgIpc) is 2.89. The Bertz CT molecular complexity index is 1120. The summed E-state index contributed by atoms with van der Waals surface area (Å²) in [6.07, 6.45) is 2.03. The van der Waals surface area contributed by atoms with E-state index in [1.54, 1.807) is 7.11 Å². The molecule has 1 atom stereocenters. The molecule has 0 unspecified atom stereocenters. The van der Waals surface area contributed by atoms with Gasteiger partial charge in [0.1, 0.15) is 6.04 Å². The van der Waals surface area contributed by atoms with Crippen molar-refractivity contribution in [2.45, 2.75) is 44.7 Å². The summed E-state index contributed by atoms with van der Waals surface area (Å²) < 4.78 is 11.6. The Morgan fingerprint density at radius 1 is 1.00 bits per heavy atom. The molecule has 4 rings (SSSR count). The summed E-state index contributed by atoms with van der Waals surface area (Å²) in [6, 6.07) is 21.7. The van der Waals surface area contributed by atoms with Crippen LogP contribution in [0.1, 0.15) is 47.9 Å². The minimum absolute atomic E-state index is 0.158. The normalized spacial score (nSPS) is 14.9. The molecule has 1 heterocycles. The van der Waals surface area contributed by atoms with Gasteiger partial charge in [0.15, 0.2) is 11.5 Å². The van der Waals surface area contributed by atoms with Crippen molar-refractivity contribution in [3.8, 4) is 11.5 Å². The maximum absolute atomic E-state index is 14.0. The van der Waals surface area contributed by atoms with Gasteiger partial charge in [0.05, 0.1) is 19.6 Å². The summed E-state index contributed by atoms with van der Waals surface area (Å²) in [4.78, 5) is 28.0. The van der Waals surface area contributed by atoms with E-state index in [4.69, 9.17) is 9.47 Å². The predicted octanol–water partition coefficient (Wildman–Crippen LogP) is 5.04. The number of hydrogen-bond donors (Lipinski definition) is 1. The molecule has 1 N–H and O–H groups in total. The van der Waals surface area contributed by atoms with Gasteiger partial charge in [-0.05, 0) is 29.2 Å². The number of rotatable bonds is 9. The number of hydrogen-bond acceptors (Lipinski definition) is 4. The van der Waals surface area contributed by atoms with Gasteiger partial charge in [-0.2, -0.15) is 0 Å². The van der Waals surface area contributed by atoms with E-state index in [1.807, 2.05) is 72.8 Å². The van der Waals surface area contributed by atoms with E-state index in [2.05, 4.69) is 6.92 Å². The second kappa shape index (κ2) is 11.1. The molecule has 0 radical (unpaired) electrons. The first kappa shape index (κ1) is 24.3. The quantitative estimate of drug-likeness (QED) is 0.441. The molecule has 6 nitrogen and oxygen atoms in total. The molecule has 0 saturated carbocycles. The Hall–Kier alpha value is -3.80. The number of carboxylic acids is 1. The van der Waals surface area contributed by atoms with E-state index in [-0.39, 0.29) is 18.9 Å². The average molecular weight is 474 g/mol.